The lowest BCUT2D eigenvalue weighted by Gasteiger charge is -2.25. The van der Waals surface area contributed by atoms with E-state index >= 15 is 0 Å². The van der Waals surface area contributed by atoms with E-state index in [-0.39, 0.29) is 17.8 Å². The maximum atomic E-state index is 13.5. The lowest BCUT2D eigenvalue weighted by molar-refractivity contribution is 0.154. The number of halogens is 2. The van der Waals surface area contributed by atoms with Crippen molar-refractivity contribution in [1.82, 2.24) is 24.6 Å². The highest BCUT2D eigenvalue weighted by Crippen LogP contribution is 2.27. The fraction of sp³-hybridized carbons (Fsp3) is 0.200. The van der Waals surface area contributed by atoms with Gasteiger partial charge in [-0.15, -0.1) is 0 Å². The molecule has 0 atom stereocenters. The van der Waals surface area contributed by atoms with Gasteiger partial charge in [0.15, 0.2) is 5.65 Å². The minimum atomic E-state index is -2.61. The summed E-state index contributed by atoms with van der Waals surface area (Å²) in [5.41, 5.74) is 0.514. The number of methoxy groups -OCH3 is 1. The molecule has 3 aromatic heterocycles. The van der Waals surface area contributed by atoms with Gasteiger partial charge in [0.2, 0.25) is 0 Å². The number of benzene rings is 1. The van der Waals surface area contributed by atoms with Crippen LogP contribution in [-0.2, 0) is 6.54 Å². The maximum absolute atomic E-state index is 13.5. The third-order valence-corrected chi connectivity index (χ3v) is 4.67. The molecular formula is C20H18F2N6O3. The zero-order chi connectivity index (χ0) is 22.0. The molecule has 0 aliphatic heterocycles. The first-order valence-electron chi connectivity index (χ1n) is 9.27. The highest BCUT2D eigenvalue weighted by Gasteiger charge is 2.20. The molecule has 0 amide bonds. The molecule has 4 rings (SSSR count). The van der Waals surface area contributed by atoms with Crippen molar-refractivity contribution in [3.8, 4) is 17.0 Å². The summed E-state index contributed by atoms with van der Waals surface area (Å²) in [5, 5.41) is 4.33. The largest absolute Gasteiger partial charge is 0.497 e. The van der Waals surface area contributed by atoms with Crippen LogP contribution in [0, 0.1) is 0 Å². The van der Waals surface area contributed by atoms with E-state index in [1.54, 1.807) is 37.6 Å². The summed E-state index contributed by atoms with van der Waals surface area (Å²) in [5.74, 6) is 0.656. The molecular weight excluding hydrogens is 410 g/mol. The number of anilines is 1. The number of nitrogens with one attached hydrogen (secondary N) is 2. The van der Waals surface area contributed by atoms with Gasteiger partial charge in [0, 0.05) is 25.1 Å². The fourth-order valence-corrected chi connectivity index (χ4v) is 3.23. The van der Waals surface area contributed by atoms with Crippen molar-refractivity contribution < 1.29 is 13.5 Å². The van der Waals surface area contributed by atoms with Gasteiger partial charge in [0.25, 0.3) is 12.0 Å². The predicted molar refractivity (Wildman–Crippen MR) is 110 cm³/mol. The first-order valence-corrected chi connectivity index (χ1v) is 9.27. The van der Waals surface area contributed by atoms with Crippen molar-refractivity contribution in [2.24, 2.45) is 0 Å². The molecule has 11 heteroatoms. The first-order chi connectivity index (χ1) is 14.9. The van der Waals surface area contributed by atoms with Crippen molar-refractivity contribution in [2.75, 3.05) is 18.6 Å². The number of rotatable bonds is 7. The molecule has 0 saturated heterocycles. The van der Waals surface area contributed by atoms with Gasteiger partial charge in [-0.1, -0.05) is 12.1 Å². The standard InChI is InChI=1S/C20H18F2N6O3/c1-31-13-4-2-12(3-5-13)10-27(11-17(21)22)16-8-15(26-28-7-6-23-18(16)28)14-9-24-20(30)25-19(14)29/h2-9,17H,10-11H2,1H3,(H2,24,25,29,30). The number of alkyl halides is 2. The number of H-pyrrole nitrogens is 2. The number of aromatic nitrogens is 5. The van der Waals surface area contributed by atoms with Gasteiger partial charge in [0.1, 0.15) is 11.4 Å². The summed E-state index contributed by atoms with van der Waals surface area (Å²) in [7, 11) is 1.55. The van der Waals surface area contributed by atoms with E-state index in [0.717, 1.165) is 5.56 Å². The molecule has 0 fully saturated rings. The molecule has 1 aromatic carbocycles. The molecule has 31 heavy (non-hydrogen) atoms. The minimum Gasteiger partial charge on any atom is -0.497 e. The van der Waals surface area contributed by atoms with Crippen molar-refractivity contribution in [3.63, 3.8) is 0 Å². The third-order valence-electron chi connectivity index (χ3n) is 4.67. The molecule has 0 radical (unpaired) electrons. The zero-order valence-electron chi connectivity index (χ0n) is 16.4. The smallest absolute Gasteiger partial charge is 0.325 e. The number of imidazole rings is 1. The molecule has 0 aliphatic carbocycles. The Morgan fingerprint density at radius 1 is 1.23 bits per heavy atom. The zero-order valence-corrected chi connectivity index (χ0v) is 16.4. The molecule has 0 unspecified atom stereocenters. The van der Waals surface area contributed by atoms with Crippen LogP contribution in [0.2, 0.25) is 0 Å². The van der Waals surface area contributed by atoms with Gasteiger partial charge in [0.05, 0.1) is 24.9 Å². The van der Waals surface area contributed by atoms with Crippen LogP contribution in [0.4, 0.5) is 14.5 Å². The molecule has 4 aromatic rings. The van der Waals surface area contributed by atoms with E-state index in [9.17, 15) is 18.4 Å². The van der Waals surface area contributed by atoms with Crippen LogP contribution in [0.25, 0.3) is 16.9 Å². The Morgan fingerprint density at radius 3 is 2.68 bits per heavy atom. The highest BCUT2D eigenvalue weighted by atomic mass is 19.3. The van der Waals surface area contributed by atoms with E-state index in [2.05, 4.69) is 20.1 Å². The van der Waals surface area contributed by atoms with Crippen LogP contribution < -0.4 is 20.9 Å². The number of hydrogen-bond donors (Lipinski definition) is 2. The van der Waals surface area contributed by atoms with E-state index in [1.807, 2.05) is 0 Å². The fourth-order valence-electron chi connectivity index (χ4n) is 3.23. The molecule has 0 saturated carbocycles. The van der Waals surface area contributed by atoms with Crippen LogP contribution in [-0.4, -0.2) is 44.6 Å². The second-order valence-corrected chi connectivity index (χ2v) is 6.72. The first kappa shape index (κ1) is 20.3. The Bertz CT molecular complexity index is 1310. The van der Waals surface area contributed by atoms with Crippen molar-refractivity contribution in [1.29, 1.82) is 0 Å². The summed E-state index contributed by atoms with van der Waals surface area (Å²) in [6, 6.07) is 8.58. The monoisotopic (exact) mass is 428 g/mol. The van der Waals surface area contributed by atoms with Crippen LogP contribution in [0.15, 0.2) is 58.5 Å². The van der Waals surface area contributed by atoms with Gasteiger partial charge in [-0.2, -0.15) is 5.10 Å². The number of ether oxygens (including phenoxy) is 1. The lowest BCUT2D eigenvalue weighted by atomic mass is 10.1. The van der Waals surface area contributed by atoms with Crippen molar-refractivity contribution in [2.45, 2.75) is 13.0 Å². The minimum absolute atomic E-state index is 0.0953. The van der Waals surface area contributed by atoms with Crippen LogP contribution >= 0.6 is 0 Å². The van der Waals surface area contributed by atoms with Crippen LogP contribution in [0.1, 0.15) is 5.56 Å². The maximum Gasteiger partial charge on any atom is 0.325 e. The summed E-state index contributed by atoms with van der Waals surface area (Å²) in [4.78, 5) is 33.8. The van der Waals surface area contributed by atoms with Gasteiger partial charge >= 0.3 is 5.69 Å². The van der Waals surface area contributed by atoms with E-state index in [1.165, 1.54) is 27.9 Å². The average molecular weight is 428 g/mol. The molecule has 0 aliphatic rings. The molecule has 2 N–H and O–H groups in total. The molecule has 9 nitrogen and oxygen atoms in total. The lowest BCUT2D eigenvalue weighted by Crippen LogP contribution is -2.29. The highest BCUT2D eigenvalue weighted by molar-refractivity contribution is 5.74. The van der Waals surface area contributed by atoms with Gasteiger partial charge in [-0.3, -0.25) is 9.78 Å². The summed E-state index contributed by atoms with van der Waals surface area (Å²) < 4.78 is 33.4. The Kier molecular flexibility index (Phi) is 5.48. The summed E-state index contributed by atoms with van der Waals surface area (Å²) >= 11 is 0. The molecule has 0 spiro atoms. The normalized spacial score (nSPS) is 11.2. The van der Waals surface area contributed by atoms with Crippen molar-refractivity contribution >= 4 is 11.3 Å². The Hall–Kier alpha value is -4.02. The number of aromatic amines is 2. The Balaban J connectivity index is 1.82. The van der Waals surface area contributed by atoms with E-state index in [0.29, 0.717) is 17.1 Å². The van der Waals surface area contributed by atoms with E-state index < -0.39 is 24.2 Å². The summed E-state index contributed by atoms with van der Waals surface area (Å²) in [6.07, 6.45) is 1.66. The average Bonchev–Trinajstić information content (AvgIpc) is 3.21. The molecule has 160 valence electrons. The topological polar surface area (TPSA) is 108 Å². The summed E-state index contributed by atoms with van der Waals surface area (Å²) in [6.45, 7) is -0.387. The second kappa shape index (κ2) is 8.38. The number of nitrogens with zero attached hydrogens (tertiary/aromatic N) is 4. The molecule has 0 bridgehead atoms. The number of hydrogen-bond acceptors (Lipinski definition) is 6. The Labute approximate surface area is 173 Å². The van der Waals surface area contributed by atoms with Gasteiger partial charge in [-0.25, -0.2) is 23.1 Å². The second-order valence-electron chi connectivity index (χ2n) is 6.72. The Morgan fingerprint density at radius 2 is 2.00 bits per heavy atom. The third kappa shape index (κ3) is 4.29. The van der Waals surface area contributed by atoms with Crippen molar-refractivity contribution in [3.05, 3.63) is 75.3 Å². The SMILES string of the molecule is COc1ccc(CN(CC(F)F)c2cc(-c3c[nH]c(=O)[nH]c3=O)nn3ccnc23)cc1. The van der Waals surface area contributed by atoms with Gasteiger partial charge in [-0.05, 0) is 23.8 Å². The van der Waals surface area contributed by atoms with Gasteiger partial charge < -0.3 is 14.6 Å². The predicted octanol–water partition coefficient (Wildman–Crippen LogP) is 2.05. The van der Waals surface area contributed by atoms with E-state index in [4.69, 9.17) is 4.74 Å². The number of fused-ring (bicyclic) bond motifs is 1. The van der Waals surface area contributed by atoms with Crippen LogP contribution in [0.3, 0.4) is 0 Å². The quantitative estimate of drug-likeness (QED) is 0.467. The van der Waals surface area contributed by atoms with Crippen LogP contribution in [0.5, 0.6) is 5.75 Å². The molecule has 3 heterocycles.